The fraction of sp³-hybridized carbons (Fsp3) is 0.278. The molecule has 0 unspecified atom stereocenters. The Morgan fingerprint density at radius 3 is 1.79 bits per heavy atom. The van der Waals surface area contributed by atoms with E-state index in [1.54, 1.807) is 5.57 Å². The van der Waals surface area contributed by atoms with Gasteiger partial charge in [0.2, 0.25) is 0 Å². The lowest BCUT2D eigenvalue weighted by molar-refractivity contribution is -0.0321. The molecule has 0 aliphatic heterocycles. The summed E-state index contributed by atoms with van der Waals surface area (Å²) >= 11 is 0. The topological polar surface area (TPSA) is 16.1 Å². The Hall–Kier alpha value is -5.47. The van der Waals surface area contributed by atoms with Gasteiger partial charge < -0.3 is 4.90 Å². The lowest BCUT2D eigenvalue weighted by Crippen LogP contribution is -2.47. The van der Waals surface area contributed by atoms with E-state index in [-0.39, 0.29) is 5.41 Å². The van der Waals surface area contributed by atoms with Gasteiger partial charge in [0.25, 0.3) is 0 Å². The quantitative estimate of drug-likeness (QED) is 0.163. The van der Waals surface area contributed by atoms with Crippen LogP contribution in [0.1, 0.15) is 81.9 Å². The number of fused-ring (bicyclic) bond motifs is 3. The van der Waals surface area contributed by atoms with Gasteiger partial charge in [0.15, 0.2) is 0 Å². The van der Waals surface area contributed by atoms with E-state index in [4.69, 9.17) is 4.98 Å². The van der Waals surface area contributed by atoms with E-state index in [1.807, 2.05) is 12.3 Å². The monoisotopic (exact) mass is 726 g/mol. The number of allylic oxidation sites excluding steroid dienone is 4. The number of benzene rings is 5. The van der Waals surface area contributed by atoms with Crippen LogP contribution in [0, 0.1) is 23.2 Å². The smallest absolute Gasteiger partial charge is 0.0703 e. The normalized spacial score (nSPS) is 23.9. The maximum atomic E-state index is 4.96. The minimum atomic E-state index is -0.0836. The molecule has 276 valence electrons. The van der Waals surface area contributed by atoms with Crippen LogP contribution in [0.15, 0.2) is 157 Å². The van der Waals surface area contributed by atoms with E-state index >= 15 is 0 Å². The number of hydrogen-bond donors (Lipinski definition) is 0. The van der Waals surface area contributed by atoms with E-state index < -0.39 is 0 Å². The van der Waals surface area contributed by atoms with Crippen molar-refractivity contribution >= 4 is 22.6 Å². The van der Waals surface area contributed by atoms with Gasteiger partial charge in [-0.15, -0.1) is 0 Å². The molecule has 0 amide bonds. The molecule has 0 N–H and O–H groups in total. The molecule has 2 nitrogen and oxygen atoms in total. The number of rotatable bonds is 7. The zero-order valence-corrected chi connectivity index (χ0v) is 32.7. The van der Waals surface area contributed by atoms with Crippen LogP contribution in [-0.2, 0) is 5.41 Å². The third-order valence-corrected chi connectivity index (χ3v) is 14.5. The van der Waals surface area contributed by atoms with Crippen molar-refractivity contribution in [3.63, 3.8) is 0 Å². The summed E-state index contributed by atoms with van der Waals surface area (Å²) < 4.78 is 0. The first-order valence-electron chi connectivity index (χ1n) is 21.1. The van der Waals surface area contributed by atoms with E-state index in [0.29, 0.717) is 5.41 Å². The Kier molecular flexibility index (Phi) is 7.89. The second-order valence-corrected chi connectivity index (χ2v) is 18.2. The van der Waals surface area contributed by atoms with E-state index in [2.05, 4.69) is 158 Å². The van der Waals surface area contributed by atoms with Gasteiger partial charge >= 0.3 is 0 Å². The Balaban J connectivity index is 0.884. The molecule has 6 aromatic rings. The first-order valence-corrected chi connectivity index (χ1v) is 21.1. The molecule has 1 aromatic heterocycles. The molecule has 0 atom stereocenters. The van der Waals surface area contributed by atoms with Gasteiger partial charge in [0.1, 0.15) is 0 Å². The Morgan fingerprint density at radius 2 is 1.12 bits per heavy atom. The highest BCUT2D eigenvalue weighted by Gasteiger charge is 2.52. The fourth-order valence-electron chi connectivity index (χ4n) is 12.1. The molecule has 6 aliphatic rings. The second-order valence-electron chi connectivity index (χ2n) is 18.2. The molecule has 0 radical (unpaired) electrons. The van der Waals surface area contributed by atoms with Crippen LogP contribution in [-0.4, -0.2) is 4.98 Å². The third kappa shape index (κ3) is 5.63. The average molecular weight is 727 g/mol. The molecule has 0 spiro atoms. The summed E-state index contributed by atoms with van der Waals surface area (Å²) in [6.07, 6.45) is 18.4. The highest BCUT2D eigenvalue weighted by molar-refractivity contribution is 5.86. The largest absolute Gasteiger partial charge is 0.309 e. The van der Waals surface area contributed by atoms with E-state index in [1.165, 1.54) is 95.9 Å². The van der Waals surface area contributed by atoms with Gasteiger partial charge in [-0.3, -0.25) is 4.98 Å². The van der Waals surface area contributed by atoms with Crippen LogP contribution in [0.5, 0.6) is 0 Å². The summed E-state index contributed by atoms with van der Waals surface area (Å²) in [5.74, 6) is 3.02. The standard InChI is InChI=1S/C54H50N2/c1-53(2)50-11-7-6-10-48(50)49-26-24-46(31-51(49)53)56(47-25-27-52(55-35-47)43-8-4-3-5-9-43)45-22-18-42(19-23-45)40-14-12-39(13-15-40)41-16-20-44(21-17-41)54-32-36-28-37(33-54)30-38(29-36)34-54/h3-16,18-20,22-27,31,35-38H,17,21,28-30,32-34H2,1-2H3. The summed E-state index contributed by atoms with van der Waals surface area (Å²) in [5, 5.41) is 0. The zero-order chi connectivity index (χ0) is 37.4. The number of hydrogen-bond acceptors (Lipinski definition) is 2. The maximum Gasteiger partial charge on any atom is 0.0703 e. The summed E-state index contributed by atoms with van der Waals surface area (Å²) in [4.78, 5) is 7.32. The van der Waals surface area contributed by atoms with Crippen LogP contribution in [0.4, 0.5) is 17.1 Å². The predicted molar refractivity (Wildman–Crippen MR) is 233 cm³/mol. The van der Waals surface area contributed by atoms with Crippen molar-refractivity contribution in [3.8, 4) is 33.5 Å². The molecule has 4 fully saturated rings. The van der Waals surface area contributed by atoms with E-state index in [9.17, 15) is 0 Å². The summed E-state index contributed by atoms with van der Waals surface area (Å²) in [6, 6.07) is 49.0. The second kappa shape index (κ2) is 13.1. The number of anilines is 3. The fourth-order valence-corrected chi connectivity index (χ4v) is 12.1. The third-order valence-electron chi connectivity index (χ3n) is 14.5. The Labute approximate surface area is 332 Å². The molecule has 5 aromatic carbocycles. The lowest BCUT2D eigenvalue weighted by Gasteiger charge is -2.58. The van der Waals surface area contributed by atoms with Gasteiger partial charge in [-0.25, -0.2) is 0 Å². The highest BCUT2D eigenvalue weighted by Crippen LogP contribution is 2.63. The maximum absolute atomic E-state index is 4.96. The summed E-state index contributed by atoms with van der Waals surface area (Å²) in [6.45, 7) is 4.70. The van der Waals surface area contributed by atoms with Gasteiger partial charge in [-0.2, -0.15) is 0 Å². The van der Waals surface area contributed by atoms with Crippen molar-refractivity contribution in [2.75, 3.05) is 4.90 Å². The van der Waals surface area contributed by atoms with Crippen LogP contribution in [0.3, 0.4) is 0 Å². The molecule has 1 heterocycles. The zero-order valence-electron chi connectivity index (χ0n) is 32.7. The molecular formula is C54H50N2. The van der Waals surface area contributed by atoms with Crippen molar-refractivity contribution in [1.82, 2.24) is 4.98 Å². The molecule has 56 heavy (non-hydrogen) atoms. The van der Waals surface area contributed by atoms with Gasteiger partial charge in [-0.05, 0) is 155 Å². The SMILES string of the molecule is CC1(C)c2ccccc2-c2ccc(N(c3ccc(-c4ccc(C5=CC=C(C67CC8CC(CC(C8)C6)C7)CC5)cc4)cc3)c3ccc(-c4ccccc4)nc3)cc21. The summed E-state index contributed by atoms with van der Waals surface area (Å²) in [7, 11) is 0. The molecule has 6 aliphatic carbocycles. The van der Waals surface area contributed by atoms with Gasteiger partial charge in [-0.1, -0.05) is 129 Å². The Bertz CT molecular complexity index is 2460. The Morgan fingerprint density at radius 1 is 0.518 bits per heavy atom. The number of aromatic nitrogens is 1. The van der Waals surface area contributed by atoms with Crippen molar-refractivity contribution in [2.24, 2.45) is 23.2 Å². The first kappa shape index (κ1) is 33.8. The van der Waals surface area contributed by atoms with Crippen LogP contribution in [0.25, 0.3) is 39.1 Å². The van der Waals surface area contributed by atoms with Crippen molar-refractivity contribution < 1.29 is 0 Å². The molecule has 4 bridgehead atoms. The van der Waals surface area contributed by atoms with Crippen molar-refractivity contribution in [2.45, 2.75) is 70.6 Å². The molecule has 4 saturated carbocycles. The average Bonchev–Trinajstić information content (AvgIpc) is 3.47. The van der Waals surface area contributed by atoms with E-state index in [0.717, 1.165) is 46.1 Å². The number of pyridine rings is 1. The molecular weight excluding hydrogens is 677 g/mol. The van der Waals surface area contributed by atoms with Gasteiger partial charge in [0.05, 0.1) is 17.6 Å². The minimum Gasteiger partial charge on any atom is -0.309 e. The number of nitrogens with zero attached hydrogens (tertiary/aromatic N) is 2. The first-order chi connectivity index (χ1) is 27.4. The summed E-state index contributed by atoms with van der Waals surface area (Å²) in [5.41, 5.74) is 18.4. The lowest BCUT2D eigenvalue weighted by atomic mass is 9.47. The van der Waals surface area contributed by atoms with Crippen molar-refractivity contribution in [3.05, 3.63) is 174 Å². The highest BCUT2D eigenvalue weighted by atomic mass is 15.1. The molecule has 12 rings (SSSR count). The van der Waals surface area contributed by atoms with Crippen LogP contribution >= 0.6 is 0 Å². The van der Waals surface area contributed by atoms with Crippen LogP contribution < -0.4 is 4.90 Å². The van der Waals surface area contributed by atoms with Gasteiger partial charge in [0, 0.05) is 22.4 Å². The predicted octanol–water partition coefficient (Wildman–Crippen LogP) is 14.5. The molecule has 0 saturated heterocycles. The minimum absolute atomic E-state index is 0.0836. The van der Waals surface area contributed by atoms with Crippen LogP contribution in [0.2, 0.25) is 0 Å². The van der Waals surface area contributed by atoms with Crippen molar-refractivity contribution in [1.29, 1.82) is 0 Å². The molecule has 2 heteroatoms.